The first kappa shape index (κ1) is 12.4. The van der Waals surface area contributed by atoms with E-state index in [9.17, 15) is 4.79 Å². The molecule has 18 heavy (non-hydrogen) atoms. The summed E-state index contributed by atoms with van der Waals surface area (Å²) in [7, 11) is 1.35. The Bertz CT molecular complexity index is 553. The van der Waals surface area contributed by atoms with E-state index in [1.807, 2.05) is 0 Å². The Morgan fingerprint density at radius 2 is 1.94 bits per heavy atom. The van der Waals surface area contributed by atoms with Crippen molar-refractivity contribution in [1.82, 2.24) is 9.97 Å². The Morgan fingerprint density at radius 1 is 1.28 bits per heavy atom. The van der Waals surface area contributed by atoms with Gasteiger partial charge in [-0.1, -0.05) is 29.3 Å². The van der Waals surface area contributed by atoms with E-state index >= 15 is 0 Å². The van der Waals surface area contributed by atoms with Crippen molar-refractivity contribution in [2.75, 3.05) is 7.11 Å². The van der Waals surface area contributed by atoms with Crippen molar-refractivity contribution in [2.45, 2.75) is 20.3 Å². The van der Waals surface area contributed by atoms with Crippen LogP contribution >= 0.6 is 0 Å². The number of carbonyl (C=O) groups excluding carboxylic acids is 1. The van der Waals surface area contributed by atoms with Gasteiger partial charge in [-0.05, 0) is 19.4 Å². The van der Waals surface area contributed by atoms with Crippen LogP contribution in [0.25, 0.3) is 0 Å². The third kappa shape index (κ3) is 2.77. The Balaban J connectivity index is 2.18. The van der Waals surface area contributed by atoms with E-state index in [0.717, 1.165) is 5.82 Å². The normalized spacial score (nSPS) is 10.4. The van der Waals surface area contributed by atoms with Crippen molar-refractivity contribution in [1.29, 1.82) is 0 Å². The maximum Gasteiger partial charge on any atom is 0.356 e. The van der Waals surface area contributed by atoms with E-state index in [1.165, 1.54) is 30.0 Å². The Morgan fingerprint density at radius 3 is 2.56 bits per heavy atom. The zero-order valence-corrected chi connectivity index (χ0v) is 10.8. The van der Waals surface area contributed by atoms with Gasteiger partial charge in [0.2, 0.25) is 0 Å². The summed E-state index contributed by atoms with van der Waals surface area (Å²) in [6.07, 6.45) is 2.18. The number of methoxy groups -OCH3 is 1. The van der Waals surface area contributed by atoms with Gasteiger partial charge in [0.1, 0.15) is 11.5 Å². The van der Waals surface area contributed by atoms with Gasteiger partial charge in [0.25, 0.3) is 0 Å². The van der Waals surface area contributed by atoms with Crippen LogP contribution in [0.3, 0.4) is 0 Å². The number of nitrogens with one attached hydrogen (secondary N) is 1. The highest BCUT2D eigenvalue weighted by molar-refractivity contribution is 5.86. The molecule has 0 saturated carbocycles. The van der Waals surface area contributed by atoms with Crippen molar-refractivity contribution in [3.05, 3.63) is 52.6 Å². The van der Waals surface area contributed by atoms with Gasteiger partial charge >= 0.3 is 5.97 Å². The summed E-state index contributed by atoms with van der Waals surface area (Å²) in [6, 6.07) is 6.37. The van der Waals surface area contributed by atoms with E-state index in [1.54, 1.807) is 0 Å². The fourth-order valence-electron chi connectivity index (χ4n) is 2.03. The van der Waals surface area contributed by atoms with Gasteiger partial charge in [0.05, 0.1) is 13.3 Å². The van der Waals surface area contributed by atoms with Gasteiger partial charge in [-0.25, -0.2) is 9.78 Å². The van der Waals surface area contributed by atoms with E-state index in [2.05, 4.69) is 46.8 Å². The zero-order chi connectivity index (χ0) is 13.1. The number of esters is 1. The maximum atomic E-state index is 11.3. The number of ether oxygens (including phenoxy) is 1. The number of benzene rings is 1. The first-order chi connectivity index (χ1) is 8.58. The molecule has 0 bridgehead atoms. The lowest BCUT2D eigenvalue weighted by atomic mass is 10.1. The molecule has 4 heteroatoms. The predicted octanol–water partition coefficient (Wildman–Crippen LogP) is 2.40. The Hall–Kier alpha value is -2.10. The molecule has 0 unspecified atom stereocenters. The van der Waals surface area contributed by atoms with Crippen LogP contribution in [-0.4, -0.2) is 23.0 Å². The van der Waals surface area contributed by atoms with E-state index in [4.69, 9.17) is 0 Å². The van der Waals surface area contributed by atoms with Gasteiger partial charge in [0.15, 0.2) is 0 Å². The van der Waals surface area contributed by atoms with E-state index in [0.29, 0.717) is 12.1 Å². The molecule has 0 spiro atoms. The monoisotopic (exact) mass is 244 g/mol. The number of hydrogen-bond donors (Lipinski definition) is 1. The molecule has 1 N–H and O–H groups in total. The van der Waals surface area contributed by atoms with Gasteiger partial charge in [0, 0.05) is 6.42 Å². The van der Waals surface area contributed by atoms with E-state index < -0.39 is 5.97 Å². The third-order valence-corrected chi connectivity index (χ3v) is 2.69. The summed E-state index contributed by atoms with van der Waals surface area (Å²) in [5.41, 5.74) is 4.02. The van der Waals surface area contributed by atoms with Crippen LogP contribution < -0.4 is 0 Å². The standard InChI is InChI=1S/C14H16N2O2/c1-9-4-10(2)6-11(5-9)7-13-15-8-12(16-13)14(17)18-3/h4-6,8H,7H2,1-3H3,(H,15,16). The molecule has 2 rings (SSSR count). The summed E-state index contributed by atoms with van der Waals surface area (Å²) in [5, 5.41) is 0. The molecule has 4 nitrogen and oxygen atoms in total. The molecule has 1 aromatic carbocycles. The second-order valence-electron chi connectivity index (χ2n) is 4.41. The van der Waals surface area contributed by atoms with Crippen LogP contribution in [0.15, 0.2) is 24.4 Å². The summed E-state index contributed by atoms with van der Waals surface area (Å²) < 4.78 is 4.63. The second kappa shape index (κ2) is 5.04. The molecule has 1 heterocycles. The fourth-order valence-corrected chi connectivity index (χ4v) is 2.03. The number of imidazole rings is 1. The number of H-pyrrole nitrogens is 1. The molecule has 2 aromatic rings. The summed E-state index contributed by atoms with van der Waals surface area (Å²) in [5.74, 6) is 0.370. The summed E-state index contributed by atoms with van der Waals surface area (Å²) >= 11 is 0. The van der Waals surface area contributed by atoms with Crippen molar-refractivity contribution >= 4 is 5.97 Å². The fraction of sp³-hybridized carbons (Fsp3) is 0.286. The van der Waals surface area contributed by atoms with Crippen LogP contribution in [-0.2, 0) is 11.2 Å². The van der Waals surface area contributed by atoms with Gasteiger partial charge in [-0.15, -0.1) is 0 Å². The topological polar surface area (TPSA) is 55.0 Å². The van der Waals surface area contributed by atoms with Crippen LogP contribution in [0.2, 0.25) is 0 Å². The first-order valence-corrected chi connectivity index (χ1v) is 5.78. The number of rotatable bonds is 3. The lowest BCUT2D eigenvalue weighted by Gasteiger charge is -2.03. The lowest BCUT2D eigenvalue weighted by molar-refractivity contribution is 0.0594. The maximum absolute atomic E-state index is 11.3. The van der Waals surface area contributed by atoms with E-state index in [-0.39, 0.29) is 0 Å². The van der Waals surface area contributed by atoms with Gasteiger partial charge in [-0.3, -0.25) is 0 Å². The summed E-state index contributed by atoms with van der Waals surface area (Å²) in [6.45, 7) is 4.14. The number of hydrogen-bond acceptors (Lipinski definition) is 3. The quantitative estimate of drug-likeness (QED) is 0.843. The summed E-state index contributed by atoms with van der Waals surface area (Å²) in [4.78, 5) is 18.4. The number of aromatic amines is 1. The Labute approximate surface area is 106 Å². The van der Waals surface area contributed by atoms with Crippen LogP contribution in [0.1, 0.15) is 33.0 Å². The molecule has 0 atom stereocenters. The number of carbonyl (C=O) groups is 1. The number of nitrogens with zero attached hydrogens (tertiary/aromatic N) is 1. The van der Waals surface area contributed by atoms with Crippen molar-refractivity contribution in [3.8, 4) is 0 Å². The minimum atomic E-state index is -0.394. The molecule has 0 radical (unpaired) electrons. The molecule has 0 aliphatic heterocycles. The highest BCUT2D eigenvalue weighted by Gasteiger charge is 2.09. The average molecular weight is 244 g/mol. The van der Waals surface area contributed by atoms with Crippen LogP contribution in [0.4, 0.5) is 0 Å². The third-order valence-electron chi connectivity index (χ3n) is 2.69. The number of aromatic nitrogens is 2. The van der Waals surface area contributed by atoms with Crippen LogP contribution in [0, 0.1) is 13.8 Å². The SMILES string of the molecule is COC(=O)c1cnc(Cc2cc(C)cc(C)c2)[nH]1. The molecular weight excluding hydrogens is 228 g/mol. The second-order valence-corrected chi connectivity index (χ2v) is 4.41. The Kier molecular flexibility index (Phi) is 3.46. The molecule has 0 aliphatic rings. The van der Waals surface area contributed by atoms with Crippen molar-refractivity contribution in [3.63, 3.8) is 0 Å². The molecule has 0 fully saturated rings. The average Bonchev–Trinajstić information content (AvgIpc) is 2.75. The predicted molar refractivity (Wildman–Crippen MR) is 68.6 cm³/mol. The molecule has 0 amide bonds. The number of aryl methyl sites for hydroxylation is 2. The van der Waals surface area contributed by atoms with Crippen molar-refractivity contribution in [2.24, 2.45) is 0 Å². The lowest BCUT2D eigenvalue weighted by Crippen LogP contribution is -2.01. The van der Waals surface area contributed by atoms with Crippen molar-refractivity contribution < 1.29 is 9.53 Å². The minimum absolute atomic E-state index is 0.386. The minimum Gasteiger partial charge on any atom is -0.464 e. The smallest absolute Gasteiger partial charge is 0.356 e. The van der Waals surface area contributed by atoms with Gasteiger partial charge in [-0.2, -0.15) is 0 Å². The highest BCUT2D eigenvalue weighted by atomic mass is 16.5. The molecule has 94 valence electrons. The molecule has 1 aromatic heterocycles. The molecular formula is C14H16N2O2. The largest absolute Gasteiger partial charge is 0.464 e. The molecule has 0 saturated heterocycles. The zero-order valence-electron chi connectivity index (χ0n) is 10.8. The molecule has 0 aliphatic carbocycles. The highest BCUT2D eigenvalue weighted by Crippen LogP contribution is 2.12. The van der Waals surface area contributed by atoms with Crippen LogP contribution in [0.5, 0.6) is 0 Å². The van der Waals surface area contributed by atoms with Gasteiger partial charge < -0.3 is 9.72 Å². The first-order valence-electron chi connectivity index (χ1n) is 5.78.